The van der Waals surface area contributed by atoms with Crippen LogP contribution in [0, 0.1) is 0 Å². The largest absolute Gasteiger partial charge is 0.370 e. The summed E-state index contributed by atoms with van der Waals surface area (Å²) in [7, 11) is 0. The number of piperidine rings is 1. The monoisotopic (exact) mass is 332 g/mol. The summed E-state index contributed by atoms with van der Waals surface area (Å²) in [6.07, 6.45) is 7.76. The second kappa shape index (κ2) is 7.49. The minimum absolute atomic E-state index is 0.0392. The Morgan fingerprint density at radius 3 is 2.88 bits per heavy atom. The van der Waals surface area contributed by atoms with E-state index >= 15 is 0 Å². The number of nitrogens with one attached hydrogen (secondary N) is 2. The van der Waals surface area contributed by atoms with E-state index in [1.54, 1.807) is 18.5 Å². The highest BCUT2D eigenvalue weighted by Gasteiger charge is 2.42. The molecule has 132 valence electrons. The molecule has 0 aliphatic carbocycles. The van der Waals surface area contributed by atoms with Crippen molar-refractivity contribution in [1.82, 2.24) is 15.2 Å². The second-order valence-corrected chi connectivity index (χ2v) is 7.17. The number of likely N-dealkylation sites (tertiary alicyclic amines) is 1. The zero-order chi connectivity index (χ0) is 17.0. The fourth-order valence-corrected chi connectivity index (χ4v) is 3.67. The first-order chi connectivity index (χ1) is 11.6. The molecule has 2 aliphatic rings. The number of urea groups is 1. The molecular weight excluding hydrogens is 304 g/mol. The van der Waals surface area contributed by atoms with Crippen molar-refractivity contribution in [2.75, 3.05) is 25.0 Å². The minimum Gasteiger partial charge on any atom is -0.370 e. The van der Waals surface area contributed by atoms with Gasteiger partial charge in [-0.25, -0.2) is 4.79 Å². The fourth-order valence-electron chi connectivity index (χ4n) is 3.67. The van der Waals surface area contributed by atoms with Gasteiger partial charge in [0.1, 0.15) is 0 Å². The summed E-state index contributed by atoms with van der Waals surface area (Å²) in [6, 6.07) is 4.01. The van der Waals surface area contributed by atoms with Crippen molar-refractivity contribution in [1.29, 1.82) is 0 Å². The van der Waals surface area contributed by atoms with Crippen LogP contribution in [-0.2, 0) is 4.74 Å². The summed E-state index contributed by atoms with van der Waals surface area (Å²) >= 11 is 0. The number of hydrogen-bond acceptors (Lipinski definition) is 4. The van der Waals surface area contributed by atoms with Gasteiger partial charge in [-0.05, 0) is 51.7 Å². The Balaban J connectivity index is 1.41. The number of amides is 2. The Labute approximate surface area is 144 Å². The lowest BCUT2D eigenvalue weighted by Crippen LogP contribution is -2.47. The molecule has 1 spiro atoms. The molecule has 1 aromatic rings. The molecule has 2 fully saturated rings. The van der Waals surface area contributed by atoms with Gasteiger partial charge in [0.25, 0.3) is 0 Å². The maximum Gasteiger partial charge on any atom is 0.319 e. The highest BCUT2D eigenvalue weighted by atomic mass is 16.5. The first-order valence-corrected chi connectivity index (χ1v) is 8.93. The molecule has 0 bridgehead atoms. The van der Waals surface area contributed by atoms with Crippen LogP contribution < -0.4 is 10.6 Å². The number of nitrogens with zero attached hydrogens (tertiary/aromatic N) is 2. The summed E-state index contributed by atoms with van der Waals surface area (Å²) in [5.74, 6) is 0. The van der Waals surface area contributed by atoms with E-state index in [0.717, 1.165) is 38.8 Å². The van der Waals surface area contributed by atoms with E-state index in [0.29, 0.717) is 18.3 Å². The van der Waals surface area contributed by atoms with Gasteiger partial charge in [-0.1, -0.05) is 0 Å². The summed E-state index contributed by atoms with van der Waals surface area (Å²) in [6.45, 7) is 7.28. The first-order valence-electron chi connectivity index (χ1n) is 8.93. The molecule has 3 heterocycles. The Hall–Kier alpha value is -1.66. The topological polar surface area (TPSA) is 66.5 Å². The van der Waals surface area contributed by atoms with Crippen LogP contribution in [-0.4, -0.2) is 53.3 Å². The van der Waals surface area contributed by atoms with Gasteiger partial charge >= 0.3 is 6.03 Å². The van der Waals surface area contributed by atoms with Gasteiger partial charge in [0.2, 0.25) is 0 Å². The average Bonchev–Trinajstić information content (AvgIpc) is 2.97. The fraction of sp³-hybridized carbons (Fsp3) is 0.667. The molecule has 2 saturated heterocycles. The average molecular weight is 332 g/mol. The third kappa shape index (κ3) is 4.24. The van der Waals surface area contributed by atoms with E-state index < -0.39 is 0 Å². The number of hydrogen-bond donors (Lipinski definition) is 2. The van der Waals surface area contributed by atoms with Crippen LogP contribution in [0.5, 0.6) is 0 Å². The summed E-state index contributed by atoms with van der Waals surface area (Å²) in [5.41, 5.74) is 0.734. The third-order valence-electron chi connectivity index (χ3n) is 5.19. The normalized spacial score (nSPS) is 23.5. The van der Waals surface area contributed by atoms with Gasteiger partial charge in [-0.2, -0.15) is 0 Å². The minimum atomic E-state index is -0.206. The van der Waals surface area contributed by atoms with E-state index in [9.17, 15) is 4.79 Å². The quantitative estimate of drug-likeness (QED) is 0.889. The Morgan fingerprint density at radius 2 is 2.21 bits per heavy atom. The van der Waals surface area contributed by atoms with Gasteiger partial charge in [-0.15, -0.1) is 0 Å². The SMILES string of the molecule is CC(C)N1CCC2(CC[C@@H](CNC(=O)Nc3cccnc3)O2)CC1. The maximum absolute atomic E-state index is 11.9. The molecule has 6 heteroatoms. The molecule has 2 N–H and O–H groups in total. The molecule has 2 amide bonds. The highest BCUT2D eigenvalue weighted by molar-refractivity contribution is 5.88. The van der Waals surface area contributed by atoms with Crippen LogP contribution in [0.3, 0.4) is 0 Å². The van der Waals surface area contributed by atoms with Crippen molar-refractivity contribution in [3.05, 3.63) is 24.5 Å². The van der Waals surface area contributed by atoms with Crippen molar-refractivity contribution < 1.29 is 9.53 Å². The molecular formula is C18H28N4O2. The number of ether oxygens (including phenoxy) is 1. The maximum atomic E-state index is 11.9. The number of carbonyl (C=O) groups excluding carboxylic acids is 1. The summed E-state index contributed by atoms with van der Waals surface area (Å²) in [4.78, 5) is 18.4. The lowest BCUT2D eigenvalue weighted by Gasteiger charge is -2.40. The van der Waals surface area contributed by atoms with Crippen LogP contribution in [0.4, 0.5) is 10.5 Å². The van der Waals surface area contributed by atoms with Crippen molar-refractivity contribution in [3.63, 3.8) is 0 Å². The molecule has 24 heavy (non-hydrogen) atoms. The molecule has 1 aromatic heterocycles. The van der Waals surface area contributed by atoms with Crippen molar-refractivity contribution in [2.45, 2.75) is 57.3 Å². The van der Waals surface area contributed by atoms with E-state index in [1.165, 1.54) is 0 Å². The molecule has 0 unspecified atom stereocenters. The van der Waals surface area contributed by atoms with Crippen LogP contribution >= 0.6 is 0 Å². The molecule has 2 aliphatic heterocycles. The molecule has 0 radical (unpaired) electrons. The predicted molar refractivity (Wildman–Crippen MR) is 94.0 cm³/mol. The van der Waals surface area contributed by atoms with Crippen molar-refractivity contribution in [2.24, 2.45) is 0 Å². The number of rotatable bonds is 4. The second-order valence-electron chi connectivity index (χ2n) is 7.17. The highest BCUT2D eigenvalue weighted by Crippen LogP contribution is 2.39. The standard InChI is InChI=1S/C18H28N4O2/c1-14(2)22-10-7-18(8-11-22)6-5-16(24-18)13-20-17(23)21-15-4-3-9-19-12-15/h3-4,9,12,14,16H,5-8,10-11,13H2,1-2H3,(H2,20,21,23)/t16-/m0/s1. The number of carbonyl (C=O) groups is 1. The van der Waals surface area contributed by atoms with Gasteiger partial charge in [0.15, 0.2) is 0 Å². The Kier molecular flexibility index (Phi) is 5.36. The smallest absolute Gasteiger partial charge is 0.319 e. The van der Waals surface area contributed by atoms with E-state index in [1.807, 2.05) is 6.07 Å². The van der Waals surface area contributed by atoms with Gasteiger partial charge in [-0.3, -0.25) is 4.98 Å². The van der Waals surface area contributed by atoms with Crippen molar-refractivity contribution >= 4 is 11.7 Å². The predicted octanol–water partition coefficient (Wildman–Crippen LogP) is 2.63. The Bertz CT molecular complexity index is 541. The first kappa shape index (κ1) is 17.2. The van der Waals surface area contributed by atoms with E-state index in [-0.39, 0.29) is 17.7 Å². The Morgan fingerprint density at radius 1 is 1.42 bits per heavy atom. The summed E-state index contributed by atoms with van der Waals surface area (Å²) in [5, 5.41) is 5.69. The zero-order valence-corrected chi connectivity index (χ0v) is 14.6. The number of pyridine rings is 1. The van der Waals surface area contributed by atoms with Crippen LogP contribution in [0.2, 0.25) is 0 Å². The van der Waals surface area contributed by atoms with Crippen LogP contribution in [0.1, 0.15) is 39.5 Å². The molecule has 0 saturated carbocycles. The van der Waals surface area contributed by atoms with Gasteiger partial charge in [0.05, 0.1) is 23.6 Å². The third-order valence-corrected chi connectivity index (χ3v) is 5.19. The van der Waals surface area contributed by atoms with E-state index in [2.05, 4.69) is 34.4 Å². The summed E-state index contributed by atoms with van der Waals surface area (Å²) < 4.78 is 6.34. The number of anilines is 1. The molecule has 6 nitrogen and oxygen atoms in total. The van der Waals surface area contributed by atoms with Gasteiger partial charge < -0.3 is 20.3 Å². The van der Waals surface area contributed by atoms with Crippen LogP contribution in [0.15, 0.2) is 24.5 Å². The molecule has 0 aromatic carbocycles. The lowest BCUT2D eigenvalue weighted by atomic mass is 9.88. The van der Waals surface area contributed by atoms with Gasteiger partial charge in [0, 0.05) is 31.9 Å². The number of aromatic nitrogens is 1. The molecule has 1 atom stereocenters. The van der Waals surface area contributed by atoms with Crippen molar-refractivity contribution in [3.8, 4) is 0 Å². The van der Waals surface area contributed by atoms with Crippen LogP contribution in [0.25, 0.3) is 0 Å². The molecule has 3 rings (SSSR count). The zero-order valence-electron chi connectivity index (χ0n) is 14.6. The lowest BCUT2D eigenvalue weighted by molar-refractivity contribution is -0.0786. The van der Waals surface area contributed by atoms with E-state index in [4.69, 9.17) is 4.74 Å².